The van der Waals surface area contributed by atoms with E-state index in [-0.39, 0.29) is 23.6 Å². The number of alkyl halides is 1. The van der Waals surface area contributed by atoms with Gasteiger partial charge in [0.1, 0.15) is 5.88 Å². The summed E-state index contributed by atoms with van der Waals surface area (Å²) < 4.78 is 25.7. The van der Waals surface area contributed by atoms with Gasteiger partial charge in [-0.15, -0.1) is 11.6 Å². The first-order valence-corrected chi connectivity index (χ1v) is 8.94. The number of nitrogens with zero attached hydrogens (tertiary/aromatic N) is 2. The molecule has 1 amide bonds. The molecule has 0 aromatic heterocycles. The second-order valence-electron chi connectivity index (χ2n) is 5.11. The minimum Gasteiger partial charge on any atom is -0.338 e. The number of carbonyl (C=O) groups excluding carboxylic acids is 1. The van der Waals surface area contributed by atoms with Crippen molar-refractivity contribution < 1.29 is 13.2 Å². The summed E-state index contributed by atoms with van der Waals surface area (Å²) >= 11 is 5.59. The van der Waals surface area contributed by atoms with E-state index in [2.05, 4.69) is 0 Å². The Balaban J connectivity index is 2.40. The Morgan fingerprint density at radius 2 is 2.10 bits per heavy atom. The average molecular weight is 331 g/mol. The zero-order chi connectivity index (χ0) is 15.6. The number of anilines is 1. The van der Waals surface area contributed by atoms with Gasteiger partial charge < -0.3 is 4.90 Å². The monoisotopic (exact) mass is 330 g/mol. The molecule has 116 valence electrons. The van der Waals surface area contributed by atoms with E-state index in [0.717, 1.165) is 5.56 Å². The average Bonchev–Trinajstić information content (AvgIpc) is 2.84. The topological polar surface area (TPSA) is 57.7 Å². The summed E-state index contributed by atoms with van der Waals surface area (Å²) in [4.78, 5) is 13.3. The molecular weight excluding hydrogens is 312 g/mol. The van der Waals surface area contributed by atoms with Crippen molar-refractivity contribution in [2.75, 3.05) is 29.5 Å². The first kappa shape index (κ1) is 16.1. The molecule has 0 N–H and O–H groups in total. The van der Waals surface area contributed by atoms with Gasteiger partial charge in [-0.25, -0.2) is 8.42 Å². The molecule has 1 aromatic rings. The van der Waals surface area contributed by atoms with E-state index in [4.69, 9.17) is 11.6 Å². The third-order valence-corrected chi connectivity index (χ3v) is 5.93. The Kier molecular flexibility index (Phi) is 4.78. The molecule has 1 atom stereocenters. The molecule has 0 radical (unpaired) electrons. The van der Waals surface area contributed by atoms with Crippen molar-refractivity contribution in [1.29, 1.82) is 0 Å². The lowest BCUT2D eigenvalue weighted by Gasteiger charge is -2.29. The van der Waals surface area contributed by atoms with Gasteiger partial charge in [0.15, 0.2) is 0 Å². The SMILES string of the molecule is CC(c1ccccc1N1CCCS1(=O)=O)N(C)C(=O)CCl. The normalized spacial score (nSPS) is 18.5. The minimum absolute atomic E-state index is 0.0922. The Morgan fingerprint density at radius 3 is 2.67 bits per heavy atom. The van der Waals surface area contributed by atoms with Gasteiger partial charge in [-0.3, -0.25) is 9.10 Å². The summed E-state index contributed by atoms with van der Waals surface area (Å²) in [7, 11) is -1.57. The van der Waals surface area contributed by atoms with Gasteiger partial charge >= 0.3 is 0 Å². The smallest absolute Gasteiger partial charge is 0.237 e. The van der Waals surface area contributed by atoms with E-state index in [9.17, 15) is 13.2 Å². The van der Waals surface area contributed by atoms with Crippen LogP contribution in [0.15, 0.2) is 24.3 Å². The maximum absolute atomic E-state index is 12.1. The van der Waals surface area contributed by atoms with Crippen LogP contribution < -0.4 is 4.31 Å². The molecule has 1 aromatic carbocycles. The molecule has 1 heterocycles. The molecular formula is C14H19ClN2O3S. The highest BCUT2D eigenvalue weighted by Crippen LogP contribution is 2.33. The Labute approximate surface area is 130 Å². The highest BCUT2D eigenvalue weighted by Gasteiger charge is 2.31. The zero-order valence-electron chi connectivity index (χ0n) is 12.1. The van der Waals surface area contributed by atoms with Gasteiger partial charge in [0.05, 0.1) is 17.5 Å². The highest BCUT2D eigenvalue weighted by atomic mass is 35.5. The zero-order valence-corrected chi connectivity index (χ0v) is 13.7. The van der Waals surface area contributed by atoms with Crippen LogP contribution in [0.5, 0.6) is 0 Å². The Morgan fingerprint density at radius 1 is 1.43 bits per heavy atom. The molecule has 1 fully saturated rings. The van der Waals surface area contributed by atoms with E-state index in [1.807, 2.05) is 25.1 Å². The van der Waals surface area contributed by atoms with Crippen LogP contribution in [0.25, 0.3) is 0 Å². The molecule has 1 aliphatic rings. The minimum atomic E-state index is -3.24. The lowest BCUT2D eigenvalue weighted by atomic mass is 10.0. The molecule has 0 bridgehead atoms. The third kappa shape index (κ3) is 3.16. The van der Waals surface area contributed by atoms with E-state index in [1.54, 1.807) is 13.1 Å². The molecule has 7 heteroatoms. The molecule has 0 aliphatic carbocycles. The van der Waals surface area contributed by atoms with Crippen molar-refractivity contribution in [2.24, 2.45) is 0 Å². The van der Waals surface area contributed by atoms with Crippen LogP contribution in [0.1, 0.15) is 24.9 Å². The Hall–Kier alpha value is -1.27. The third-order valence-electron chi connectivity index (χ3n) is 3.84. The van der Waals surface area contributed by atoms with Crippen molar-refractivity contribution in [3.05, 3.63) is 29.8 Å². The number of para-hydroxylation sites is 1. The number of rotatable bonds is 4. The summed E-state index contributed by atoms with van der Waals surface area (Å²) in [6.45, 7) is 2.35. The first-order valence-electron chi connectivity index (χ1n) is 6.79. The number of benzene rings is 1. The number of carbonyl (C=O) groups is 1. The van der Waals surface area contributed by atoms with Gasteiger partial charge in [0, 0.05) is 13.6 Å². The molecule has 5 nitrogen and oxygen atoms in total. The van der Waals surface area contributed by atoms with Gasteiger partial charge in [-0.1, -0.05) is 18.2 Å². The van der Waals surface area contributed by atoms with Crippen molar-refractivity contribution in [3.8, 4) is 0 Å². The number of sulfonamides is 1. The van der Waals surface area contributed by atoms with Crippen LogP contribution >= 0.6 is 11.6 Å². The Bertz CT molecular complexity index is 633. The maximum atomic E-state index is 12.1. The standard InChI is InChI=1S/C14H19ClN2O3S/c1-11(16(2)14(18)10-15)12-6-3-4-7-13(12)17-8-5-9-21(17,19)20/h3-4,6-7,11H,5,8-10H2,1-2H3. The number of hydrogen-bond acceptors (Lipinski definition) is 3. The van der Waals surface area contributed by atoms with E-state index < -0.39 is 10.0 Å². The molecule has 0 saturated carbocycles. The quantitative estimate of drug-likeness (QED) is 0.793. The summed E-state index contributed by atoms with van der Waals surface area (Å²) in [5, 5.41) is 0. The van der Waals surface area contributed by atoms with Gasteiger partial charge in [0.2, 0.25) is 15.9 Å². The molecule has 21 heavy (non-hydrogen) atoms. The number of hydrogen-bond donors (Lipinski definition) is 0. The lowest BCUT2D eigenvalue weighted by molar-refractivity contribution is -0.129. The van der Waals surface area contributed by atoms with E-state index in [0.29, 0.717) is 18.7 Å². The van der Waals surface area contributed by atoms with Gasteiger partial charge in [-0.05, 0) is 25.0 Å². The van der Waals surface area contributed by atoms with Crippen LogP contribution in [0.2, 0.25) is 0 Å². The predicted octanol–water partition coefficient (Wildman–Crippen LogP) is 1.98. The molecule has 1 saturated heterocycles. The van der Waals surface area contributed by atoms with Crippen molar-refractivity contribution >= 4 is 33.2 Å². The number of halogens is 1. The maximum Gasteiger partial charge on any atom is 0.237 e. The van der Waals surface area contributed by atoms with Crippen molar-refractivity contribution in [2.45, 2.75) is 19.4 Å². The van der Waals surface area contributed by atoms with Crippen LogP contribution in [0.3, 0.4) is 0 Å². The van der Waals surface area contributed by atoms with E-state index >= 15 is 0 Å². The fourth-order valence-electron chi connectivity index (χ4n) is 2.50. The molecule has 0 spiro atoms. The van der Waals surface area contributed by atoms with Crippen LogP contribution in [0.4, 0.5) is 5.69 Å². The van der Waals surface area contributed by atoms with E-state index in [1.165, 1.54) is 9.21 Å². The van der Waals surface area contributed by atoms with Gasteiger partial charge in [0.25, 0.3) is 0 Å². The summed E-state index contributed by atoms with van der Waals surface area (Å²) in [6, 6.07) is 7.04. The van der Waals surface area contributed by atoms with Crippen LogP contribution in [0, 0.1) is 0 Å². The largest absolute Gasteiger partial charge is 0.338 e. The number of amides is 1. The molecule has 1 unspecified atom stereocenters. The highest BCUT2D eigenvalue weighted by molar-refractivity contribution is 7.93. The lowest BCUT2D eigenvalue weighted by Crippen LogP contribution is -2.32. The van der Waals surface area contributed by atoms with Crippen molar-refractivity contribution in [1.82, 2.24) is 4.90 Å². The second-order valence-corrected chi connectivity index (χ2v) is 7.39. The molecule has 2 rings (SSSR count). The van der Waals surface area contributed by atoms with Crippen LogP contribution in [-0.4, -0.2) is 44.5 Å². The summed E-state index contributed by atoms with van der Waals surface area (Å²) in [5.41, 5.74) is 1.46. The first-order chi connectivity index (χ1) is 9.88. The summed E-state index contributed by atoms with van der Waals surface area (Å²) in [5.74, 6) is -0.111. The van der Waals surface area contributed by atoms with Gasteiger partial charge in [-0.2, -0.15) is 0 Å². The van der Waals surface area contributed by atoms with Crippen molar-refractivity contribution in [3.63, 3.8) is 0 Å². The summed E-state index contributed by atoms with van der Waals surface area (Å²) in [6.07, 6.45) is 0.626. The van der Waals surface area contributed by atoms with Crippen LogP contribution in [-0.2, 0) is 14.8 Å². The fraction of sp³-hybridized carbons (Fsp3) is 0.500. The predicted molar refractivity (Wildman–Crippen MR) is 84.1 cm³/mol. The second kappa shape index (κ2) is 6.23. The molecule has 1 aliphatic heterocycles. The fourth-order valence-corrected chi connectivity index (χ4v) is 4.27.